The molecule has 138 valence electrons. The standard InChI is InChI=1S/C16H20N8O.ClH/c17-10-3-5-11(6-4-10)24-9-14(21-23-24)16(25)19-8-13-12-2-1-7-18-15(12)22-20-13;/h1-2,7,9-11H,3-6,8,17H2,(H,19,25)(H,18,20,22);1H. The van der Waals surface area contributed by atoms with Gasteiger partial charge in [-0.05, 0) is 37.8 Å². The predicted molar refractivity (Wildman–Crippen MR) is 97.8 cm³/mol. The predicted octanol–water partition coefficient (Wildman–Crippen LogP) is 1.34. The first-order valence-corrected chi connectivity index (χ1v) is 8.44. The monoisotopic (exact) mass is 376 g/mol. The summed E-state index contributed by atoms with van der Waals surface area (Å²) < 4.78 is 1.79. The number of hydrogen-bond acceptors (Lipinski definition) is 6. The van der Waals surface area contributed by atoms with E-state index in [1.807, 2.05) is 12.1 Å². The molecule has 3 aromatic rings. The van der Waals surface area contributed by atoms with Gasteiger partial charge in [-0.2, -0.15) is 5.10 Å². The number of halogens is 1. The van der Waals surface area contributed by atoms with Crippen LogP contribution in [-0.4, -0.2) is 42.1 Å². The second kappa shape index (κ2) is 7.79. The first-order chi connectivity index (χ1) is 12.2. The summed E-state index contributed by atoms with van der Waals surface area (Å²) in [6.45, 7) is 0.326. The molecule has 10 heteroatoms. The molecule has 1 aliphatic carbocycles. The zero-order valence-electron chi connectivity index (χ0n) is 14.1. The van der Waals surface area contributed by atoms with Gasteiger partial charge < -0.3 is 11.1 Å². The van der Waals surface area contributed by atoms with Gasteiger partial charge in [-0.3, -0.25) is 9.89 Å². The van der Waals surface area contributed by atoms with E-state index in [1.54, 1.807) is 17.1 Å². The Morgan fingerprint density at radius 2 is 2.15 bits per heavy atom. The summed E-state index contributed by atoms with van der Waals surface area (Å²) in [5.41, 5.74) is 7.69. The molecule has 0 unspecified atom stereocenters. The van der Waals surface area contributed by atoms with Crippen LogP contribution in [0.3, 0.4) is 0 Å². The van der Waals surface area contributed by atoms with Gasteiger partial charge >= 0.3 is 0 Å². The molecule has 26 heavy (non-hydrogen) atoms. The molecule has 3 aromatic heterocycles. The molecule has 0 radical (unpaired) electrons. The fraction of sp³-hybridized carbons (Fsp3) is 0.438. The van der Waals surface area contributed by atoms with E-state index < -0.39 is 0 Å². The number of nitrogens with zero attached hydrogens (tertiary/aromatic N) is 5. The molecule has 0 aliphatic heterocycles. The van der Waals surface area contributed by atoms with Gasteiger partial charge in [0.15, 0.2) is 11.3 Å². The summed E-state index contributed by atoms with van der Waals surface area (Å²) in [7, 11) is 0. The molecule has 1 aliphatic rings. The van der Waals surface area contributed by atoms with Crippen LogP contribution in [-0.2, 0) is 6.54 Å². The van der Waals surface area contributed by atoms with Crippen molar-refractivity contribution >= 4 is 29.3 Å². The van der Waals surface area contributed by atoms with E-state index >= 15 is 0 Å². The molecule has 4 N–H and O–H groups in total. The van der Waals surface area contributed by atoms with E-state index in [-0.39, 0.29) is 30.4 Å². The summed E-state index contributed by atoms with van der Waals surface area (Å²) in [6.07, 6.45) is 7.29. The van der Waals surface area contributed by atoms with Crippen LogP contribution in [0.2, 0.25) is 0 Å². The molecule has 1 fully saturated rings. The fourth-order valence-electron chi connectivity index (χ4n) is 3.22. The third-order valence-electron chi connectivity index (χ3n) is 4.69. The van der Waals surface area contributed by atoms with Crippen molar-refractivity contribution in [2.24, 2.45) is 5.73 Å². The van der Waals surface area contributed by atoms with Crippen LogP contribution in [0.5, 0.6) is 0 Å². The van der Waals surface area contributed by atoms with Gasteiger partial charge in [0.2, 0.25) is 0 Å². The smallest absolute Gasteiger partial charge is 0.273 e. The molecule has 9 nitrogen and oxygen atoms in total. The van der Waals surface area contributed by atoms with Crippen molar-refractivity contribution in [1.82, 2.24) is 35.5 Å². The number of carbonyl (C=O) groups is 1. The molecule has 0 bridgehead atoms. The second-order valence-corrected chi connectivity index (χ2v) is 6.41. The van der Waals surface area contributed by atoms with E-state index in [9.17, 15) is 4.79 Å². The Kier molecular flexibility index (Phi) is 5.48. The van der Waals surface area contributed by atoms with Gasteiger partial charge in [0, 0.05) is 17.6 Å². The number of aromatic amines is 1. The quantitative estimate of drug-likeness (QED) is 0.630. The summed E-state index contributed by atoms with van der Waals surface area (Å²) in [5, 5.41) is 18.9. The molecule has 1 amide bonds. The topological polar surface area (TPSA) is 127 Å². The van der Waals surface area contributed by atoms with E-state index in [0.717, 1.165) is 36.8 Å². The number of nitrogens with two attached hydrogens (primary N) is 1. The molecule has 0 atom stereocenters. The van der Waals surface area contributed by atoms with Gasteiger partial charge in [-0.25, -0.2) is 9.67 Å². The first kappa shape index (κ1) is 18.3. The first-order valence-electron chi connectivity index (χ1n) is 8.44. The van der Waals surface area contributed by atoms with E-state index in [2.05, 4.69) is 30.8 Å². The SMILES string of the molecule is Cl.NC1CCC(n2cc(C(=O)NCc3[nH]nc4ncccc34)nn2)CC1. The highest BCUT2D eigenvalue weighted by Crippen LogP contribution is 2.26. The average Bonchev–Trinajstić information content (AvgIpc) is 3.28. The normalized spacial score (nSPS) is 19.9. The minimum Gasteiger partial charge on any atom is -0.345 e. The number of carbonyl (C=O) groups excluding carboxylic acids is 1. The lowest BCUT2D eigenvalue weighted by molar-refractivity contribution is 0.0945. The van der Waals surface area contributed by atoms with Gasteiger partial charge in [0.05, 0.1) is 24.5 Å². The Bertz CT molecular complexity index is 883. The summed E-state index contributed by atoms with van der Waals surface area (Å²) in [5.74, 6) is -0.259. The highest BCUT2D eigenvalue weighted by Gasteiger charge is 2.22. The Hall–Kier alpha value is -2.52. The van der Waals surface area contributed by atoms with Crippen molar-refractivity contribution in [3.8, 4) is 0 Å². The number of hydrogen-bond donors (Lipinski definition) is 3. The molecular weight excluding hydrogens is 356 g/mol. The fourth-order valence-corrected chi connectivity index (χ4v) is 3.22. The molecule has 0 spiro atoms. The lowest BCUT2D eigenvalue weighted by Gasteiger charge is -2.25. The van der Waals surface area contributed by atoms with Crippen molar-refractivity contribution in [2.75, 3.05) is 0 Å². The number of rotatable bonds is 4. The maximum absolute atomic E-state index is 12.3. The molecule has 3 heterocycles. The summed E-state index contributed by atoms with van der Waals surface area (Å²) >= 11 is 0. The minimum atomic E-state index is -0.259. The largest absolute Gasteiger partial charge is 0.345 e. The van der Waals surface area contributed by atoms with E-state index in [1.165, 1.54) is 0 Å². The second-order valence-electron chi connectivity index (χ2n) is 6.41. The molecule has 4 rings (SSSR count). The summed E-state index contributed by atoms with van der Waals surface area (Å²) in [4.78, 5) is 16.5. The van der Waals surface area contributed by atoms with Crippen LogP contribution in [0, 0.1) is 0 Å². The third kappa shape index (κ3) is 3.68. The van der Waals surface area contributed by atoms with Crippen LogP contribution >= 0.6 is 12.4 Å². The van der Waals surface area contributed by atoms with Crippen LogP contribution in [0.15, 0.2) is 24.5 Å². The van der Waals surface area contributed by atoms with Gasteiger partial charge in [0.1, 0.15) is 0 Å². The highest BCUT2D eigenvalue weighted by atomic mass is 35.5. The van der Waals surface area contributed by atoms with Crippen LogP contribution in [0.4, 0.5) is 0 Å². The van der Waals surface area contributed by atoms with Crippen molar-refractivity contribution < 1.29 is 4.79 Å². The number of nitrogens with one attached hydrogen (secondary N) is 2. The van der Waals surface area contributed by atoms with Crippen molar-refractivity contribution in [3.05, 3.63) is 35.9 Å². The molecule has 0 saturated heterocycles. The number of H-pyrrole nitrogens is 1. The summed E-state index contributed by atoms with van der Waals surface area (Å²) in [6, 6.07) is 4.31. The number of fused-ring (bicyclic) bond motifs is 1. The number of amides is 1. The lowest BCUT2D eigenvalue weighted by Crippen LogP contribution is -2.28. The van der Waals surface area contributed by atoms with Crippen molar-refractivity contribution in [3.63, 3.8) is 0 Å². The zero-order chi connectivity index (χ0) is 17.2. The van der Waals surface area contributed by atoms with Gasteiger partial charge in [-0.15, -0.1) is 17.5 Å². The van der Waals surface area contributed by atoms with Crippen LogP contribution < -0.4 is 11.1 Å². The van der Waals surface area contributed by atoms with Gasteiger partial charge in [0.25, 0.3) is 5.91 Å². The maximum atomic E-state index is 12.3. The average molecular weight is 377 g/mol. The Morgan fingerprint density at radius 1 is 1.35 bits per heavy atom. The zero-order valence-corrected chi connectivity index (χ0v) is 14.9. The van der Waals surface area contributed by atoms with E-state index in [0.29, 0.717) is 17.9 Å². The third-order valence-corrected chi connectivity index (χ3v) is 4.69. The Labute approximate surface area is 156 Å². The molecule has 1 saturated carbocycles. The number of aromatic nitrogens is 6. The lowest BCUT2D eigenvalue weighted by atomic mass is 9.92. The minimum absolute atomic E-state index is 0. The molecular formula is C16H21ClN8O. The van der Waals surface area contributed by atoms with E-state index in [4.69, 9.17) is 5.73 Å². The van der Waals surface area contributed by atoms with Crippen LogP contribution in [0.25, 0.3) is 11.0 Å². The maximum Gasteiger partial charge on any atom is 0.273 e. The van der Waals surface area contributed by atoms with Crippen molar-refractivity contribution in [2.45, 2.75) is 44.3 Å². The molecule has 0 aromatic carbocycles. The highest BCUT2D eigenvalue weighted by molar-refractivity contribution is 5.92. The Morgan fingerprint density at radius 3 is 2.96 bits per heavy atom. The van der Waals surface area contributed by atoms with Crippen molar-refractivity contribution in [1.29, 1.82) is 0 Å². The Balaban J connectivity index is 0.00000196. The number of pyridine rings is 1. The van der Waals surface area contributed by atoms with Gasteiger partial charge in [-0.1, -0.05) is 5.21 Å². The van der Waals surface area contributed by atoms with Crippen LogP contribution in [0.1, 0.15) is 47.9 Å².